The Morgan fingerprint density at radius 1 is 1.00 bits per heavy atom. The van der Waals surface area contributed by atoms with Crippen LogP contribution in [-0.4, -0.2) is 54.3 Å². The maximum Gasteiger partial charge on any atom is 0.251 e. The second-order valence-electron chi connectivity index (χ2n) is 5.92. The molecular formula is C19H21N5O5. The highest BCUT2D eigenvalue weighted by atomic mass is 16.5. The molecule has 0 fully saturated rings. The third-order valence-electron chi connectivity index (χ3n) is 4.16. The van der Waals surface area contributed by atoms with Gasteiger partial charge in [-0.05, 0) is 24.3 Å². The maximum absolute atomic E-state index is 12.4. The fourth-order valence-corrected chi connectivity index (χ4v) is 2.73. The van der Waals surface area contributed by atoms with E-state index in [1.165, 1.54) is 33.5 Å². The van der Waals surface area contributed by atoms with Crippen molar-refractivity contribution >= 4 is 17.5 Å². The minimum absolute atomic E-state index is 0.185. The fraction of sp³-hybridized carbons (Fsp3) is 0.263. The smallest absolute Gasteiger partial charge is 0.251 e. The highest BCUT2D eigenvalue weighted by Crippen LogP contribution is 2.38. The molecule has 3 aromatic rings. The highest BCUT2D eigenvalue weighted by Gasteiger charge is 2.17. The first-order valence-electron chi connectivity index (χ1n) is 8.71. The first-order chi connectivity index (χ1) is 14.1. The zero-order valence-electron chi connectivity index (χ0n) is 16.3. The summed E-state index contributed by atoms with van der Waals surface area (Å²) in [6.45, 7) is -0.0176. The van der Waals surface area contributed by atoms with Crippen molar-refractivity contribution in [2.24, 2.45) is 0 Å². The minimum Gasteiger partial charge on any atom is -0.493 e. The van der Waals surface area contributed by atoms with E-state index in [9.17, 15) is 9.59 Å². The molecule has 1 aromatic carbocycles. The number of nitrogens with one attached hydrogen (secondary N) is 2. The largest absolute Gasteiger partial charge is 0.493 e. The number of ether oxygens (including phenoxy) is 3. The Balaban J connectivity index is 1.59. The fourth-order valence-electron chi connectivity index (χ4n) is 2.73. The Morgan fingerprint density at radius 3 is 2.38 bits per heavy atom. The first-order valence-corrected chi connectivity index (χ1v) is 8.71. The number of carbonyl (C=O) groups excluding carboxylic acids is 2. The van der Waals surface area contributed by atoms with E-state index in [4.69, 9.17) is 14.2 Å². The topological polar surface area (TPSA) is 116 Å². The van der Waals surface area contributed by atoms with Gasteiger partial charge in [0.05, 0.1) is 34.4 Å². The Kier molecular flexibility index (Phi) is 6.12. The molecule has 29 heavy (non-hydrogen) atoms. The van der Waals surface area contributed by atoms with E-state index in [1.54, 1.807) is 4.40 Å². The number of methoxy groups -OCH3 is 3. The van der Waals surface area contributed by atoms with Crippen LogP contribution in [0.3, 0.4) is 0 Å². The quantitative estimate of drug-likeness (QED) is 0.576. The van der Waals surface area contributed by atoms with Crippen LogP contribution in [0.5, 0.6) is 17.2 Å². The van der Waals surface area contributed by atoms with Gasteiger partial charge in [0.25, 0.3) is 5.91 Å². The Morgan fingerprint density at radius 2 is 1.72 bits per heavy atom. The molecule has 2 amide bonds. The van der Waals surface area contributed by atoms with Crippen LogP contribution in [0, 0.1) is 0 Å². The van der Waals surface area contributed by atoms with Gasteiger partial charge in [-0.2, -0.15) is 0 Å². The summed E-state index contributed by atoms with van der Waals surface area (Å²) in [5, 5.41) is 13.3. The molecule has 0 saturated heterocycles. The number of nitrogens with zero attached hydrogens (tertiary/aromatic N) is 3. The van der Waals surface area contributed by atoms with E-state index >= 15 is 0 Å². The van der Waals surface area contributed by atoms with Crippen molar-refractivity contribution in [1.82, 2.24) is 25.2 Å². The molecule has 0 unspecified atom stereocenters. The van der Waals surface area contributed by atoms with Gasteiger partial charge in [-0.1, -0.05) is 6.07 Å². The van der Waals surface area contributed by atoms with Crippen molar-refractivity contribution in [3.05, 3.63) is 47.9 Å². The van der Waals surface area contributed by atoms with E-state index in [0.29, 0.717) is 28.7 Å². The second kappa shape index (κ2) is 8.91. The number of benzene rings is 1. The third-order valence-corrected chi connectivity index (χ3v) is 4.16. The van der Waals surface area contributed by atoms with E-state index < -0.39 is 5.91 Å². The van der Waals surface area contributed by atoms with E-state index in [1.807, 2.05) is 24.4 Å². The molecular weight excluding hydrogens is 378 g/mol. The number of fused-ring (bicyclic) bond motifs is 1. The molecule has 3 rings (SSSR count). The van der Waals surface area contributed by atoms with Crippen LogP contribution in [0.25, 0.3) is 5.65 Å². The monoisotopic (exact) mass is 399 g/mol. The molecule has 0 aliphatic rings. The van der Waals surface area contributed by atoms with Crippen LogP contribution < -0.4 is 24.8 Å². The van der Waals surface area contributed by atoms with Gasteiger partial charge in [0, 0.05) is 11.8 Å². The summed E-state index contributed by atoms with van der Waals surface area (Å²) >= 11 is 0. The van der Waals surface area contributed by atoms with Crippen LogP contribution in [0.2, 0.25) is 0 Å². The van der Waals surface area contributed by atoms with Crippen LogP contribution in [0.4, 0.5) is 0 Å². The molecule has 2 heterocycles. The number of rotatable bonds is 8. The van der Waals surface area contributed by atoms with Crippen molar-refractivity contribution in [1.29, 1.82) is 0 Å². The molecule has 10 heteroatoms. The van der Waals surface area contributed by atoms with Crippen molar-refractivity contribution in [2.75, 3.05) is 27.9 Å². The van der Waals surface area contributed by atoms with Gasteiger partial charge in [0.2, 0.25) is 11.7 Å². The van der Waals surface area contributed by atoms with Gasteiger partial charge in [-0.25, -0.2) is 0 Å². The van der Waals surface area contributed by atoms with Crippen molar-refractivity contribution < 1.29 is 23.8 Å². The molecule has 152 valence electrons. The summed E-state index contributed by atoms with van der Waals surface area (Å²) in [5.74, 6) is 0.848. The lowest BCUT2D eigenvalue weighted by Crippen LogP contribution is -2.36. The molecule has 10 nitrogen and oxygen atoms in total. The minimum atomic E-state index is -0.452. The summed E-state index contributed by atoms with van der Waals surface area (Å²) in [6, 6.07) is 8.54. The number of carbonyl (C=O) groups is 2. The Bertz CT molecular complexity index is 1010. The molecule has 0 spiro atoms. The van der Waals surface area contributed by atoms with Crippen molar-refractivity contribution in [3.8, 4) is 17.2 Å². The second-order valence-corrected chi connectivity index (χ2v) is 5.92. The molecule has 0 aliphatic heterocycles. The lowest BCUT2D eigenvalue weighted by Gasteiger charge is -2.14. The predicted octanol–water partition coefficient (Wildman–Crippen LogP) is 0.801. The number of hydrogen-bond donors (Lipinski definition) is 2. The number of amides is 2. The Hall–Kier alpha value is -3.82. The molecule has 0 radical (unpaired) electrons. The number of hydrogen-bond acceptors (Lipinski definition) is 7. The molecule has 0 saturated carbocycles. The lowest BCUT2D eigenvalue weighted by molar-refractivity contribution is -0.120. The summed E-state index contributed by atoms with van der Waals surface area (Å²) in [7, 11) is 4.39. The van der Waals surface area contributed by atoms with Gasteiger partial charge in [-0.3, -0.25) is 14.0 Å². The molecule has 0 aliphatic carbocycles. The van der Waals surface area contributed by atoms with Gasteiger partial charge < -0.3 is 24.8 Å². The molecule has 2 N–H and O–H groups in total. The van der Waals surface area contributed by atoms with Gasteiger partial charge in [0.15, 0.2) is 23.0 Å². The van der Waals surface area contributed by atoms with E-state index in [0.717, 1.165) is 0 Å². The maximum atomic E-state index is 12.4. The zero-order valence-corrected chi connectivity index (χ0v) is 16.3. The molecule has 2 aromatic heterocycles. The molecule has 0 atom stereocenters. The van der Waals surface area contributed by atoms with Gasteiger partial charge in [0.1, 0.15) is 0 Å². The number of aromatic nitrogens is 3. The van der Waals surface area contributed by atoms with Crippen LogP contribution in [0.1, 0.15) is 16.2 Å². The summed E-state index contributed by atoms with van der Waals surface area (Å²) < 4.78 is 17.5. The standard InChI is InChI=1S/C19H21N5O5/c1-27-13-8-12(9-14(28-2)18(13)29-3)19(26)21-11-17(25)20-10-16-23-22-15-6-4-5-7-24(15)16/h4-9H,10-11H2,1-3H3,(H,20,25)(H,21,26). The van der Waals surface area contributed by atoms with Crippen molar-refractivity contribution in [2.45, 2.75) is 6.54 Å². The average molecular weight is 399 g/mol. The van der Waals surface area contributed by atoms with Crippen LogP contribution in [0.15, 0.2) is 36.5 Å². The van der Waals surface area contributed by atoms with Crippen LogP contribution >= 0.6 is 0 Å². The van der Waals surface area contributed by atoms with Crippen molar-refractivity contribution in [3.63, 3.8) is 0 Å². The molecule has 0 bridgehead atoms. The summed E-state index contributed by atoms with van der Waals surface area (Å²) in [6.07, 6.45) is 1.81. The van der Waals surface area contributed by atoms with Crippen LogP contribution in [-0.2, 0) is 11.3 Å². The lowest BCUT2D eigenvalue weighted by atomic mass is 10.1. The van der Waals surface area contributed by atoms with E-state index in [2.05, 4.69) is 20.8 Å². The summed E-state index contributed by atoms with van der Waals surface area (Å²) in [4.78, 5) is 24.5. The van der Waals surface area contributed by atoms with E-state index in [-0.39, 0.29) is 24.6 Å². The summed E-state index contributed by atoms with van der Waals surface area (Å²) in [5.41, 5.74) is 0.961. The Labute approximate surface area is 166 Å². The number of pyridine rings is 1. The van der Waals surface area contributed by atoms with Gasteiger partial charge in [-0.15, -0.1) is 10.2 Å². The zero-order chi connectivity index (χ0) is 20.8. The third kappa shape index (κ3) is 4.37. The van der Waals surface area contributed by atoms with Gasteiger partial charge >= 0.3 is 0 Å². The normalized spacial score (nSPS) is 10.4. The highest BCUT2D eigenvalue weighted by molar-refractivity contribution is 5.97. The first kappa shape index (κ1) is 19.9. The average Bonchev–Trinajstić information content (AvgIpc) is 3.17. The SMILES string of the molecule is COc1cc(C(=O)NCC(=O)NCc2nnc3ccccn23)cc(OC)c1OC. The predicted molar refractivity (Wildman–Crippen MR) is 103 cm³/mol.